The molecule has 0 spiro atoms. The van der Waals surface area contributed by atoms with Crippen LogP contribution in [0.25, 0.3) is 0 Å². The van der Waals surface area contributed by atoms with Crippen LogP contribution in [-0.4, -0.2) is 10.8 Å². The number of carbonyl (C=O) groups excluding carboxylic acids is 1. The van der Waals surface area contributed by atoms with E-state index in [1.165, 1.54) is 29.8 Å². The third-order valence-electron chi connectivity index (χ3n) is 5.41. The first kappa shape index (κ1) is 24.5. The van der Waals surface area contributed by atoms with Crippen LogP contribution in [0.5, 0.6) is 17.2 Å². The molecule has 0 unspecified atom stereocenters. The Balaban J connectivity index is 1.43. The second kappa shape index (κ2) is 11.2. The van der Waals surface area contributed by atoms with Crippen molar-refractivity contribution in [1.29, 1.82) is 0 Å². The van der Waals surface area contributed by atoms with Crippen molar-refractivity contribution in [3.05, 3.63) is 112 Å². The molecule has 0 saturated carbocycles. The van der Waals surface area contributed by atoms with Crippen LogP contribution in [-0.2, 0) is 13.0 Å². The van der Waals surface area contributed by atoms with Gasteiger partial charge in [0, 0.05) is 12.1 Å². The molecule has 1 aromatic heterocycles. The summed E-state index contributed by atoms with van der Waals surface area (Å²) in [5.74, 6) is 1.47. The maximum absolute atomic E-state index is 12.7. The SMILES string of the molecule is CCCc1ccc(OCc2ccc(C(=O)Nc3cc(Oc4ccccc4C)cc([N+](=O)[O-])c3)o2)cc1. The fourth-order valence-electron chi connectivity index (χ4n) is 3.58. The Bertz CT molecular complexity index is 1360. The van der Waals surface area contributed by atoms with Crippen molar-refractivity contribution < 1.29 is 23.6 Å². The molecule has 1 N–H and O–H groups in total. The normalized spacial score (nSPS) is 10.6. The Hall–Kier alpha value is -4.59. The highest BCUT2D eigenvalue weighted by atomic mass is 16.6. The molecule has 0 bridgehead atoms. The molecule has 1 heterocycles. The van der Waals surface area contributed by atoms with Crippen molar-refractivity contribution in [2.75, 3.05) is 5.32 Å². The fourth-order valence-corrected chi connectivity index (χ4v) is 3.58. The molecule has 1 amide bonds. The molecule has 0 aliphatic carbocycles. The van der Waals surface area contributed by atoms with Gasteiger partial charge in [0.25, 0.3) is 11.6 Å². The highest BCUT2D eigenvalue weighted by Gasteiger charge is 2.17. The number of hydrogen-bond donors (Lipinski definition) is 1. The van der Waals surface area contributed by atoms with Crippen LogP contribution in [0.15, 0.2) is 83.3 Å². The second-order valence-corrected chi connectivity index (χ2v) is 8.24. The molecule has 0 aliphatic heterocycles. The monoisotopic (exact) mass is 486 g/mol. The number of para-hydroxylation sites is 1. The predicted octanol–water partition coefficient (Wildman–Crippen LogP) is 7.07. The van der Waals surface area contributed by atoms with Gasteiger partial charge in [-0.15, -0.1) is 0 Å². The maximum Gasteiger partial charge on any atom is 0.291 e. The molecule has 3 aromatic carbocycles. The number of benzene rings is 3. The first-order chi connectivity index (χ1) is 17.4. The van der Waals surface area contributed by atoms with Crippen LogP contribution < -0.4 is 14.8 Å². The van der Waals surface area contributed by atoms with Gasteiger partial charge < -0.3 is 19.2 Å². The number of ether oxygens (including phenoxy) is 2. The van der Waals surface area contributed by atoms with E-state index in [0.29, 0.717) is 17.3 Å². The highest BCUT2D eigenvalue weighted by molar-refractivity contribution is 6.02. The summed E-state index contributed by atoms with van der Waals surface area (Å²) in [5.41, 5.74) is 2.11. The van der Waals surface area contributed by atoms with Gasteiger partial charge in [-0.3, -0.25) is 14.9 Å². The van der Waals surface area contributed by atoms with E-state index >= 15 is 0 Å². The average molecular weight is 487 g/mol. The van der Waals surface area contributed by atoms with Crippen LogP contribution in [0.3, 0.4) is 0 Å². The van der Waals surface area contributed by atoms with E-state index in [9.17, 15) is 14.9 Å². The summed E-state index contributed by atoms with van der Waals surface area (Å²) in [5, 5.41) is 14.1. The molecule has 0 radical (unpaired) electrons. The van der Waals surface area contributed by atoms with Gasteiger partial charge in [0.05, 0.1) is 16.7 Å². The van der Waals surface area contributed by atoms with Crippen LogP contribution >= 0.6 is 0 Å². The van der Waals surface area contributed by atoms with Crippen molar-refractivity contribution in [3.8, 4) is 17.2 Å². The summed E-state index contributed by atoms with van der Waals surface area (Å²) in [7, 11) is 0. The highest BCUT2D eigenvalue weighted by Crippen LogP contribution is 2.31. The summed E-state index contributed by atoms with van der Waals surface area (Å²) < 4.78 is 17.2. The summed E-state index contributed by atoms with van der Waals surface area (Å²) in [6, 6.07) is 22.4. The number of nitrogens with one attached hydrogen (secondary N) is 1. The van der Waals surface area contributed by atoms with Gasteiger partial charge in [0.15, 0.2) is 5.76 Å². The standard InChI is InChI=1S/C28H26N2O6/c1-3-6-20-9-11-23(12-10-20)34-18-24-13-14-27(35-24)28(31)29-21-15-22(30(32)33)17-25(16-21)36-26-8-5-4-7-19(26)2/h4-5,7-17H,3,6,18H2,1-2H3,(H,29,31). The first-order valence-corrected chi connectivity index (χ1v) is 11.6. The summed E-state index contributed by atoms with van der Waals surface area (Å²) in [4.78, 5) is 23.6. The lowest BCUT2D eigenvalue weighted by Crippen LogP contribution is -2.11. The lowest BCUT2D eigenvalue weighted by atomic mass is 10.1. The molecule has 0 atom stereocenters. The number of hydrogen-bond acceptors (Lipinski definition) is 6. The quantitative estimate of drug-likeness (QED) is 0.190. The fraction of sp³-hybridized carbons (Fsp3) is 0.179. The van der Waals surface area contributed by atoms with Crippen LogP contribution in [0.2, 0.25) is 0 Å². The molecular formula is C28H26N2O6. The van der Waals surface area contributed by atoms with Crippen molar-refractivity contribution >= 4 is 17.3 Å². The van der Waals surface area contributed by atoms with E-state index in [2.05, 4.69) is 12.2 Å². The molecule has 4 aromatic rings. The lowest BCUT2D eigenvalue weighted by Gasteiger charge is -2.10. The van der Waals surface area contributed by atoms with E-state index in [1.807, 2.05) is 49.4 Å². The van der Waals surface area contributed by atoms with E-state index in [0.717, 1.165) is 18.4 Å². The zero-order valence-corrected chi connectivity index (χ0v) is 20.0. The number of non-ortho nitro benzene ring substituents is 1. The molecule has 8 heteroatoms. The van der Waals surface area contributed by atoms with Gasteiger partial charge in [-0.1, -0.05) is 43.7 Å². The van der Waals surface area contributed by atoms with Crippen molar-refractivity contribution in [3.63, 3.8) is 0 Å². The van der Waals surface area contributed by atoms with E-state index < -0.39 is 10.8 Å². The van der Waals surface area contributed by atoms with Crippen molar-refractivity contribution in [2.24, 2.45) is 0 Å². The molecule has 0 saturated heterocycles. The summed E-state index contributed by atoms with van der Waals surface area (Å²) in [6.45, 7) is 4.16. The number of nitro benzene ring substituents is 1. The third kappa shape index (κ3) is 6.29. The van der Waals surface area contributed by atoms with Gasteiger partial charge in [0.1, 0.15) is 29.6 Å². The molecule has 0 fully saturated rings. The Kier molecular flexibility index (Phi) is 7.65. The lowest BCUT2D eigenvalue weighted by molar-refractivity contribution is -0.384. The van der Waals surface area contributed by atoms with E-state index in [-0.39, 0.29) is 29.5 Å². The van der Waals surface area contributed by atoms with E-state index in [4.69, 9.17) is 13.9 Å². The summed E-state index contributed by atoms with van der Waals surface area (Å²) in [6.07, 6.45) is 2.09. The number of amides is 1. The Morgan fingerprint density at radius 1 is 1.00 bits per heavy atom. The van der Waals surface area contributed by atoms with Gasteiger partial charge >= 0.3 is 0 Å². The summed E-state index contributed by atoms with van der Waals surface area (Å²) >= 11 is 0. The number of nitro groups is 1. The van der Waals surface area contributed by atoms with Crippen molar-refractivity contribution in [1.82, 2.24) is 0 Å². The molecule has 184 valence electrons. The minimum Gasteiger partial charge on any atom is -0.486 e. The molecular weight excluding hydrogens is 460 g/mol. The van der Waals surface area contributed by atoms with Gasteiger partial charge in [-0.25, -0.2) is 0 Å². The number of rotatable bonds is 10. The smallest absolute Gasteiger partial charge is 0.291 e. The molecule has 4 rings (SSSR count). The van der Waals surface area contributed by atoms with Crippen LogP contribution in [0.1, 0.15) is 40.8 Å². The zero-order chi connectivity index (χ0) is 25.5. The van der Waals surface area contributed by atoms with Gasteiger partial charge in [-0.05, 0) is 54.8 Å². The largest absolute Gasteiger partial charge is 0.486 e. The molecule has 8 nitrogen and oxygen atoms in total. The number of aryl methyl sites for hydroxylation is 2. The number of nitrogens with zero attached hydrogens (tertiary/aromatic N) is 1. The topological polar surface area (TPSA) is 104 Å². The minimum absolute atomic E-state index is 0.0553. The van der Waals surface area contributed by atoms with Gasteiger partial charge in [0.2, 0.25) is 0 Å². The Labute approximate surface area is 208 Å². The molecule has 36 heavy (non-hydrogen) atoms. The van der Waals surface area contributed by atoms with E-state index in [1.54, 1.807) is 12.1 Å². The predicted molar refractivity (Wildman–Crippen MR) is 136 cm³/mol. The average Bonchev–Trinajstić information content (AvgIpc) is 3.34. The Morgan fingerprint density at radius 2 is 1.78 bits per heavy atom. The van der Waals surface area contributed by atoms with Crippen LogP contribution in [0, 0.1) is 17.0 Å². The van der Waals surface area contributed by atoms with Crippen LogP contribution in [0.4, 0.5) is 11.4 Å². The van der Waals surface area contributed by atoms with Gasteiger partial charge in [-0.2, -0.15) is 0 Å². The number of carbonyl (C=O) groups is 1. The maximum atomic E-state index is 12.7. The second-order valence-electron chi connectivity index (χ2n) is 8.24. The zero-order valence-electron chi connectivity index (χ0n) is 20.0. The third-order valence-corrected chi connectivity index (χ3v) is 5.41. The Morgan fingerprint density at radius 3 is 2.50 bits per heavy atom. The minimum atomic E-state index is -0.549. The number of anilines is 1. The van der Waals surface area contributed by atoms with Crippen molar-refractivity contribution in [2.45, 2.75) is 33.3 Å². The number of furan rings is 1. The molecule has 0 aliphatic rings. The first-order valence-electron chi connectivity index (χ1n) is 11.6.